The highest BCUT2D eigenvalue weighted by Gasteiger charge is 2.02. The van der Waals surface area contributed by atoms with E-state index in [0.29, 0.717) is 6.42 Å². The minimum atomic E-state index is -0.140. The van der Waals surface area contributed by atoms with E-state index in [1.807, 2.05) is 0 Å². The summed E-state index contributed by atoms with van der Waals surface area (Å²) in [6.45, 7) is 5.94. The molecule has 1 rings (SSSR count). The zero-order valence-corrected chi connectivity index (χ0v) is 10.9. The Morgan fingerprint density at radius 1 is 1.29 bits per heavy atom. The summed E-state index contributed by atoms with van der Waals surface area (Å²) in [5, 5.41) is 3.36. The third-order valence-electron chi connectivity index (χ3n) is 2.91. The van der Waals surface area contributed by atoms with Crippen molar-refractivity contribution in [2.75, 3.05) is 13.7 Å². The Balaban J connectivity index is 2.29. The number of carbonyl (C=O) groups is 1. The van der Waals surface area contributed by atoms with Crippen molar-refractivity contribution in [2.24, 2.45) is 0 Å². The molecule has 0 aromatic heterocycles. The summed E-state index contributed by atoms with van der Waals surface area (Å²) in [6.07, 6.45) is 1.30. The monoisotopic (exact) mass is 235 g/mol. The summed E-state index contributed by atoms with van der Waals surface area (Å²) in [5.41, 5.74) is 3.97. The molecule has 0 aliphatic heterocycles. The van der Waals surface area contributed by atoms with Crippen LogP contribution < -0.4 is 5.32 Å². The fraction of sp³-hybridized carbons (Fsp3) is 0.500. The third kappa shape index (κ3) is 4.57. The van der Waals surface area contributed by atoms with Crippen molar-refractivity contribution in [1.82, 2.24) is 5.32 Å². The Morgan fingerprint density at radius 3 is 2.53 bits per heavy atom. The van der Waals surface area contributed by atoms with Gasteiger partial charge in [0.25, 0.3) is 0 Å². The maximum Gasteiger partial charge on any atom is 0.305 e. The van der Waals surface area contributed by atoms with Gasteiger partial charge in [-0.3, -0.25) is 4.79 Å². The largest absolute Gasteiger partial charge is 0.469 e. The number of hydrogen-bond acceptors (Lipinski definition) is 3. The van der Waals surface area contributed by atoms with Gasteiger partial charge < -0.3 is 10.1 Å². The van der Waals surface area contributed by atoms with Crippen LogP contribution in [0, 0.1) is 13.8 Å². The quantitative estimate of drug-likeness (QED) is 0.607. The van der Waals surface area contributed by atoms with E-state index in [2.05, 4.69) is 42.1 Å². The van der Waals surface area contributed by atoms with Crippen LogP contribution in [0.4, 0.5) is 0 Å². The maximum absolute atomic E-state index is 10.9. The number of hydrogen-bond donors (Lipinski definition) is 1. The molecular weight excluding hydrogens is 214 g/mol. The van der Waals surface area contributed by atoms with Gasteiger partial charge in [-0.2, -0.15) is 0 Å². The molecule has 0 fully saturated rings. The van der Waals surface area contributed by atoms with Gasteiger partial charge in [0, 0.05) is 13.0 Å². The van der Waals surface area contributed by atoms with Crippen molar-refractivity contribution in [2.45, 2.75) is 33.2 Å². The van der Waals surface area contributed by atoms with E-state index >= 15 is 0 Å². The van der Waals surface area contributed by atoms with E-state index < -0.39 is 0 Å². The molecule has 0 bridgehead atoms. The van der Waals surface area contributed by atoms with Gasteiger partial charge in [-0.1, -0.05) is 18.2 Å². The summed E-state index contributed by atoms with van der Waals surface area (Å²) in [4.78, 5) is 10.9. The predicted molar refractivity (Wildman–Crippen MR) is 68.9 cm³/mol. The van der Waals surface area contributed by atoms with E-state index in [-0.39, 0.29) is 5.97 Å². The number of esters is 1. The number of nitrogens with one attached hydrogen (secondary N) is 1. The molecule has 3 nitrogen and oxygen atoms in total. The molecule has 0 unspecified atom stereocenters. The molecule has 0 radical (unpaired) electrons. The Bertz CT molecular complexity index is 354. The lowest BCUT2D eigenvalue weighted by Crippen LogP contribution is -2.17. The molecule has 1 N–H and O–H groups in total. The molecule has 3 heteroatoms. The lowest BCUT2D eigenvalue weighted by molar-refractivity contribution is -0.140. The highest BCUT2D eigenvalue weighted by molar-refractivity contribution is 5.69. The zero-order valence-electron chi connectivity index (χ0n) is 10.9. The van der Waals surface area contributed by atoms with Gasteiger partial charge in [0.15, 0.2) is 0 Å². The number of methoxy groups -OCH3 is 1. The van der Waals surface area contributed by atoms with Crippen molar-refractivity contribution < 1.29 is 9.53 Å². The van der Waals surface area contributed by atoms with Crippen LogP contribution in [-0.2, 0) is 16.1 Å². The zero-order chi connectivity index (χ0) is 12.7. The van der Waals surface area contributed by atoms with Gasteiger partial charge in [-0.15, -0.1) is 0 Å². The molecule has 1 aromatic rings. The van der Waals surface area contributed by atoms with Gasteiger partial charge in [0.2, 0.25) is 0 Å². The first kappa shape index (κ1) is 13.7. The van der Waals surface area contributed by atoms with Gasteiger partial charge in [0.05, 0.1) is 7.11 Å². The first-order chi connectivity index (χ1) is 8.15. The fourth-order valence-electron chi connectivity index (χ4n) is 1.80. The summed E-state index contributed by atoms with van der Waals surface area (Å²) in [7, 11) is 1.42. The van der Waals surface area contributed by atoms with Crippen LogP contribution in [0.2, 0.25) is 0 Å². The average molecular weight is 235 g/mol. The second kappa shape index (κ2) is 7.07. The topological polar surface area (TPSA) is 38.3 Å². The van der Waals surface area contributed by atoms with Crippen molar-refractivity contribution in [1.29, 1.82) is 0 Å². The molecule has 0 atom stereocenters. The number of rotatable bonds is 6. The number of benzene rings is 1. The lowest BCUT2D eigenvalue weighted by atomic mass is 10.0. The summed E-state index contributed by atoms with van der Waals surface area (Å²) in [5.74, 6) is -0.140. The van der Waals surface area contributed by atoms with Crippen LogP contribution in [0.3, 0.4) is 0 Å². The number of aryl methyl sites for hydroxylation is 2. The summed E-state index contributed by atoms with van der Waals surface area (Å²) < 4.78 is 4.59. The van der Waals surface area contributed by atoms with Gasteiger partial charge in [-0.05, 0) is 43.5 Å². The highest BCUT2D eigenvalue weighted by Crippen LogP contribution is 2.12. The molecule has 0 spiro atoms. The molecule has 94 valence electrons. The molecule has 1 aromatic carbocycles. The molecule has 0 aliphatic carbocycles. The van der Waals surface area contributed by atoms with Crippen molar-refractivity contribution in [3.05, 3.63) is 34.9 Å². The first-order valence-electron chi connectivity index (χ1n) is 5.97. The number of carbonyl (C=O) groups excluding carboxylic acids is 1. The number of ether oxygens (including phenoxy) is 1. The molecule has 17 heavy (non-hydrogen) atoms. The van der Waals surface area contributed by atoms with Crippen LogP contribution in [0.5, 0.6) is 0 Å². The van der Waals surface area contributed by atoms with E-state index in [1.165, 1.54) is 23.8 Å². The molecule has 0 aliphatic rings. The molecular formula is C14H21NO2. The van der Waals surface area contributed by atoms with Crippen LogP contribution in [0.25, 0.3) is 0 Å². The van der Waals surface area contributed by atoms with E-state index in [4.69, 9.17) is 0 Å². The molecule has 0 saturated heterocycles. The second-order valence-corrected chi connectivity index (χ2v) is 4.23. The fourth-order valence-corrected chi connectivity index (χ4v) is 1.80. The summed E-state index contributed by atoms with van der Waals surface area (Å²) >= 11 is 0. The smallest absolute Gasteiger partial charge is 0.305 e. The molecule has 0 amide bonds. The maximum atomic E-state index is 10.9. The van der Waals surface area contributed by atoms with Gasteiger partial charge >= 0.3 is 5.97 Å². The van der Waals surface area contributed by atoms with Crippen LogP contribution >= 0.6 is 0 Å². The normalized spacial score (nSPS) is 10.3. The predicted octanol–water partition coefficient (Wildman–Crippen LogP) is 2.35. The Kier molecular flexibility index (Phi) is 5.70. The average Bonchev–Trinajstić information content (AvgIpc) is 2.31. The summed E-state index contributed by atoms with van der Waals surface area (Å²) in [6, 6.07) is 6.32. The minimum absolute atomic E-state index is 0.140. The third-order valence-corrected chi connectivity index (χ3v) is 2.91. The van der Waals surface area contributed by atoms with Gasteiger partial charge in [-0.25, -0.2) is 0 Å². The van der Waals surface area contributed by atoms with Gasteiger partial charge in [0.1, 0.15) is 0 Å². The second-order valence-electron chi connectivity index (χ2n) is 4.23. The Hall–Kier alpha value is -1.35. The Morgan fingerprint density at radius 2 is 1.94 bits per heavy atom. The molecule has 0 heterocycles. The van der Waals surface area contributed by atoms with Crippen LogP contribution in [0.15, 0.2) is 18.2 Å². The first-order valence-corrected chi connectivity index (χ1v) is 5.97. The van der Waals surface area contributed by atoms with Crippen LogP contribution in [0.1, 0.15) is 29.5 Å². The van der Waals surface area contributed by atoms with E-state index in [9.17, 15) is 4.79 Å². The SMILES string of the molecule is COC(=O)CCCNCc1c(C)cccc1C. The van der Waals surface area contributed by atoms with Crippen LogP contribution in [-0.4, -0.2) is 19.6 Å². The minimum Gasteiger partial charge on any atom is -0.469 e. The van der Waals surface area contributed by atoms with E-state index in [1.54, 1.807) is 0 Å². The highest BCUT2D eigenvalue weighted by atomic mass is 16.5. The van der Waals surface area contributed by atoms with Crippen molar-refractivity contribution >= 4 is 5.97 Å². The van der Waals surface area contributed by atoms with E-state index in [0.717, 1.165) is 19.5 Å². The lowest BCUT2D eigenvalue weighted by Gasteiger charge is -2.10. The van der Waals surface area contributed by atoms with Crippen molar-refractivity contribution in [3.63, 3.8) is 0 Å². The van der Waals surface area contributed by atoms with Crippen molar-refractivity contribution in [3.8, 4) is 0 Å². The standard InChI is InChI=1S/C14H21NO2/c1-11-6-4-7-12(2)13(11)10-15-9-5-8-14(16)17-3/h4,6-7,15H,5,8-10H2,1-3H3. The Labute approximate surface area is 103 Å². The molecule has 0 saturated carbocycles.